The maximum atomic E-state index is 12.9. The number of ether oxygens (including phenoxy) is 2. The van der Waals surface area contributed by atoms with Crippen molar-refractivity contribution >= 4 is 27.5 Å². The molecule has 0 N–H and O–H groups in total. The molecular weight excluding hydrogens is 396 g/mol. The van der Waals surface area contributed by atoms with Gasteiger partial charge in [-0.15, -0.1) is 0 Å². The highest BCUT2D eigenvalue weighted by Gasteiger charge is 2.12. The lowest BCUT2D eigenvalue weighted by molar-refractivity contribution is 0.0996. The van der Waals surface area contributed by atoms with Crippen LogP contribution in [0.1, 0.15) is 48.2 Å². The summed E-state index contributed by atoms with van der Waals surface area (Å²) < 4.78 is 14.5. The molecule has 1 aromatic heterocycles. The SMILES string of the molecule is CCCCOc1cccc(C(=O)N=c2sc3cc(C)cc(C)c3n2CCOCC)c1. The van der Waals surface area contributed by atoms with Gasteiger partial charge in [-0.1, -0.05) is 36.8 Å². The number of amides is 1. The average molecular weight is 427 g/mol. The Morgan fingerprint density at radius 3 is 2.73 bits per heavy atom. The van der Waals surface area contributed by atoms with Gasteiger partial charge in [-0.05, 0) is 62.6 Å². The van der Waals surface area contributed by atoms with Gasteiger partial charge in [-0.3, -0.25) is 4.79 Å². The van der Waals surface area contributed by atoms with E-state index in [9.17, 15) is 4.79 Å². The lowest BCUT2D eigenvalue weighted by Crippen LogP contribution is -2.20. The Bertz CT molecular complexity index is 1080. The number of thiazole rings is 1. The van der Waals surface area contributed by atoms with Crippen LogP contribution in [-0.4, -0.2) is 30.3 Å². The third kappa shape index (κ3) is 5.37. The number of carbonyl (C=O) groups excluding carboxylic acids is 1. The van der Waals surface area contributed by atoms with Gasteiger partial charge in [0.1, 0.15) is 5.75 Å². The molecule has 3 aromatic rings. The van der Waals surface area contributed by atoms with Crippen LogP contribution in [-0.2, 0) is 11.3 Å². The van der Waals surface area contributed by atoms with Crippen molar-refractivity contribution in [2.24, 2.45) is 4.99 Å². The molecule has 1 heterocycles. The fourth-order valence-corrected chi connectivity index (χ4v) is 4.62. The molecule has 6 heteroatoms. The van der Waals surface area contributed by atoms with Gasteiger partial charge in [-0.25, -0.2) is 0 Å². The first-order valence-electron chi connectivity index (χ1n) is 10.5. The number of benzene rings is 2. The molecule has 0 atom stereocenters. The van der Waals surface area contributed by atoms with E-state index in [-0.39, 0.29) is 5.91 Å². The molecule has 0 saturated heterocycles. The van der Waals surface area contributed by atoms with Crippen molar-refractivity contribution in [2.45, 2.75) is 47.1 Å². The van der Waals surface area contributed by atoms with E-state index in [4.69, 9.17) is 9.47 Å². The summed E-state index contributed by atoms with van der Waals surface area (Å²) in [7, 11) is 0. The first kappa shape index (κ1) is 22.2. The normalized spacial score (nSPS) is 11.9. The van der Waals surface area contributed by atoms with Gasteiger partial charge < -0.3 is 14.0 Å². The summed E-state index contributed by atoms with van der Waals surface area (Å²) in [6.45, 7) is 10.8. The standard InChI is InChI=1S/C24H30N2O3S/c1-5-7-12-29-20-10-8-9-19(16-20)23(27)25-24-26(11-13-28-6-2)22-18(4)14-17(3)15-21(22)30-24/h8-10,14-16H,5-7,11-13H2,1-4H3. The largest absolute Gasteiger partial charge is 0.494 e. The van der Waals surface area contributed by atoms with Crippen molar-refractivity contribution in [2.75, 3.05) is 19.8 Å². The maximum Gasteiger partial charge on any atom is 0.279 e. The summed E-state index contributed by atoms with van der Waals surface area (Å²) in [6.07, 6.45) is 2.06. The minimum Gasteiger partial charge on any atom is -0.494 e. The van der Waals surface area contributed by atoms with Gasteiger partial charge >= 0.3 is 0 Å². The van der Waals surface area contributed by atoms with Crippen LogP contribution in [0.4, 0.5) is 0 Å². The highest BCUT2D eigenvalue weighted by Crippen LogP contribution is 2.23. The topological polar surface area (TPSA) is 52.8 Å². The third-order valence-corrected chi connectivity index (χ3v) is 5.85. The van der Waals surface area contributed by atoms with E-state index in [1.807, 2.05) is 19.1 Å². The summed E-state index contributed by atoms with van der Waals surface area (Å²) in [5, 5.41) is 0. The Kier molecular flexibility index (Phi) is 7.82. The van der Waals surface area contributed by atoms with E-state index >= 15 is 0 Å². The van der Waals surface area contributed by atoms with E-state index in [0.29, 0.717) is 42.5 Å². The molecule has 0 aliphatic carbocycles. The van der Waals surface area contributed by atoms with Crippen molar-refractivity contribution in [3.05, 3.63) is 57.9 Å². The van der Waals surface area contributed by atoms with Crippen LogP contribution in [0.5, 0.6) is 5.75 Å². The predicted octanol–water partition coefficient (Wildman–Crippen LogP) is 5.28. The number of unbranched alkanes of at least 4 members (excludes halogenated alkanes) is 1. The Balaban J connectivity index is 1.98. The molecule has 0 aliphatic rings. The Morgan fingerprint density at radius 2 is 1.97 bits per heavy atom. The van der Waals surface area contributed by atoms with Crippen LogP contribution in [0.2, 0.25) is 0 Å². The summed E-state index contributed by atoms with van der Waals surface area (Å²) in [5.74, 6) is 0.443. The minimum absolute atomic E-state index is 0.262. The monoisotopic (exact) mass is 426 g/mol. The van der Waals surface area contributed by atoms with E-state index < -0.39 is 0 Å². The second-order valence-electron chi connectivity index (χ2n) is 7.31. The molecule has 0 radical (unpaired) electrons. The molecule has 5 nitrogen and oxygen atoms in total. The molecule has 0 bridgehead atoms. The smallest absolute Gasteiger partial charge is 0.279 e. The molecule has 30 heavy (non-hydrogen) atoms. The summed E-state index contributed by atoms with van der Waals surface area (Å²) in [5.41, 5.74) is 4.03. The fraction of sp³-hybridized carbons (Fsp3) is 0.417. The number of hydrogen-bond donors (Lipinski definition) is 0. The summed E-state index contributed by atoms with van der Waals surface area (Å²) in [4.78, 5) is 18.1. The minimum atomic E-state index is -0.262. The van der Waals surface area contributed by atoms with Gasteiger partial charge in [0, 0.05) is 18.7 Å². The number of rotatable bonds is 9. The van der Waals surface area contributed by atoms with Crippen LogP contribution >= 0.6 is 11.3 Å². The molecule has 0 unspecified atom stereocenters. The lowest BCUT2D eigenvalue weighted by atomic mass is 10.1. The molecule has 0 fully saturated rings. The first-order chi connectivity index (χ1) is 14.5. The highest BCUT2D eigenvalue weighted by molar-refractivity contribution is 7.16. The van der Waals surface area contributed by atoms with Gasteiger partial charge in [0.2, 0.25) is 0 Å². The number of aromatic nitrogens is 1. The van der Waals surface area contributed by atoms with E-state index in [0.717, 1.165) is 23.1 Å². The molecule has 0 spiro atoms. The van der Waals surface area contributed by atoms with E-state index in [1.165, 1.54) is 11.1 Å². The van der Waals surface area contributed by atoms with Crippen LogP contribution < -0.4 is 9.54 Å². The predicted molar refractivity (Wildman–Crippen MR) is 123 cm³/mol. The zero-order valence-electron chi connectivity index (χ0n) is 18.2. The van der Waals surface area contributed by atoms with Crippen LogP contribution in [0.25, 0.3) is 10.2 Å². The van der Waals surface area contributed by atoms with Gasteiger partial charge in [0.15, 0.2) is 4.80 Å². The molecule has 3 rings (SSSR count). The number of hydrogen-bond acceptors (Lipinski definition) is 4. The fourth-order valence-electron chi connectivity index (χ4n) is 3.39. The van der Waals surface area contributed by atoms with Crippen molar-refractivity contribution in [3.8, 4) is 5.75 Å². The summed E-state index contributed by atoms with van der Waals surface area (Å²) in [6, 6.07) is 11.6. The zero-order chi connectivity index (χ0) is 21.5. The molecular formula is C24H30N2O3S. The maximum absolute atomic E-state index is 12.9. The first-order valence-corrected chi connectivity index (χ1v) is 11.3. The van der Waals surface area contributed by atoms with Crippen molar-refractivity contribution in [3.63, 3.8) is 0 Å². The quantitative estimate of drug-likeness (QED) is 0.438. The van der Waals surface area contributed by atoms with Gasteiger partial charge in [0.05, 0.1) is 23.4 Å². The average Bonchev–Trinajstić information content (AvgIpc) is 3.05. The Morgan fingerprint density at radius 1 is 1.13 bits per heavy atom. The molecule has 160 valence electrons. The molecule has 1 amide bonds. The second kappa shape index (κ2) is 10.5. The van der Waals surface area contributed by atoms with Crippen LogP contribution in [0.15, 0.2) is 41.4 Å². The molecule has 0 aliphatic heterocycles. The Labute approximate surface area is 182 Å². The van der Waals surface area contributed by atoms with Crippen LogP contribution in [0.3, 0.4) is 0 Å². The van der Waals surface area contributed by atoms with Gasteiger partial charge in [0.25, 0.3) is 5.91 Å². The van der Waals surface area contributed by atoms with Crippen molar-refractivity contribution in [1.29, 1.82) is 0 Å². The number of carbonyl (C=O) groups is 1. The number of aryl methyl sites for hydroxylation is 2. The van der Waals surface area contributed by atoms with Crippen molar-refractivity contribution in [1.82, 2.24) is 4.57 Å². The van der Waals surface area contributed by atoms with Gasteiger partial charge in [-0.2, -0.15) is 4.99 Å². The molecule has 0 saturated carbocycles. The van der Waals surface area contributed by atoms with E-state index in [2.05, 4.69) is 42.5 Å². The highest BCUT2D eigenvalue weighted by atomic mass is 32.1. The Hall–Kier alpha value is -2.44. The second-order valence-corrected chi connectivity index (χ2v) is 8.32. The zero-order valence-corrected chi connectivity index (χ0v) is 19.1. The molecule has 2 aromatic carbocycles. The number of nitrogens with zero attached hydrogens (tertiary/aromatic N) is 2. The third-order valence-electron chi connectivity index (χ3n) is 4.82. The van der Waals surface area contributed by atoms with E-state index in [1.54, 1.807) is 23.5 Å². The number of fused-ring (bicyclic) bond motifs is 1. The van der Waals surface area contributed by atoms with Crippen molar-refractivity contribution < 1.29 is 14.3 Å². The summed E-state index contributed by atoms with van der Waals surface area (Å²) >= 11 is 1.54. The lowest BCUT2D eigenvalue weighted by Gasteiger charge is -2.08. The van der Waals surface area contributed by atoms with Crippen LogP contribution in [0, 0.1) is 13.8 Å².